The summed E-state index contributed by atoms with van der Waals surface area (Å²) in [4.78, 5) is 66.3. The summed E-state index contributed by atoms with van der Waals surface area (Å²) in [5.41, 5.74) is 6.29. The van der Waals surface area contributed by atoms with Gasteiger partial charge in [-0.05, 0) is 89.1 Å². The van der Waals surface area contributed by atoms with Crippen molar-refractivity contribution >= 4 is 40.7 Å². The summed E-state index contributed by atoms with van der Waals surface area (Å²) < 4.78 is 0. The fourth-order valence-corrected chi connectivity index (χ4v) is 7.52. The molecule has 1 saturated heterocycles. The van der Waals surface area contributed by atoms with E-state index in [2.05, 4.69) is 21.5 Å². The van der Waals surface area contributed by atoms with Crippen LogP contribution < -0.4 is 16.4 Å². The first-order chi connectivity index (χ1) is 26.0. The van der Waals surface area contributed by atoms with Crippen LogP contribution in [0.15, 0.2) is 29.6 Å². The van der Waals surface area contributed by atoms with Crippen molar-refractivity contribution in [2.45, 2.75) is 130 Å². The van der Waals surface area contributed by atoms with E-state index < -0.39 is 47.4 Å². The standard InChI is InChI=1S/C41H62N6O7S/c1-9-11-14-21-54-47(39(51)35(27(5)10-2)45-37(50)32-15-12-13-20-46(32)8)33(26(3)4)23-34(48)38-44-31(25-55-38)36(49)43-30(24-41(6,7)40(52)53)22-28-16-18-29(42)19-17-28/h1,16-19,25-27,30,32-35,48H,10-15,20-24,42H2,2-8H3,(H,43,49)(H,45,50)(H,52,53)/t27-,30-,32+,33+,34+,35-/m0/s1. The molecule has 1 fully saturated rings. The van der Waals surface area contributed by atoms with Gasteiger partial charge in [0, 0.05) is 30.0 Å². The Hall–Kier alpha value is -4.03. The SMILES string of the molecule is C#CCCCON(C(=O)[C@@H](NC(=O)[C@H]1CCCCN1C)[C@@H](C)CC)[C@H](C[C@@H](O)c1nc(C(=O)N[C@@H](Cc2ccc(N)cc2)CC(C)(C)C(=O)O)cs1)C(C)C. The highest BCUT2D eigenvalue weighted by Gasteiger charge is 2.39. The minimum Gasteiger partial charge on any atom is -0.481 e. The molecular weight excluding hydrogens is 721 g/mol. The van der Waals surface area contributed by atoms with Crippen molar-refractivity contribution in [2.75, 3.05) is 25.9 Å². The second kappa shape index (κ2) is 21.3. The summed E-state index contributed by atoms with van der Waals surface area (Å²) >= 11 is 1.12. The number of hydrogen-bond acceptors (Lipinski definition) is 10. The molecule has 3 rings (SSSR count). The number of hydrogen-bond donors (Lipinski definition) is 5. The van der Waals surface area contributed by atoms with Crippen molar-refractivity contribution in [3.05, 3.63) is 45.9 Å². The maximum Gasteiger partial charge on any atom is 0.309 e. The van der Waals surface area contributed by atoms with E-state index in [1.165, 1.54) is 5.06 Å². The molecule has 2 aromatic rings. The van der Waals surface area contributed by atoms with Crippen LogP contribution in [-0.2, 0) is 25.6 Å². The number of rotatable bonds is 21. The number of carboxylic acid groups (broad SMARTS) is 1. The molecule has 55 heavy (non-hydrogen) atoms. The second-order valence-electron chi connectivity index (χ2n) is 15.8. The van der Waals surface area contributed by atoms with E-state index in [0.29, 0.717) is 37.8 Å². The Bertz CT molecular complexity index is 1610. The molecule has 1 aliphatic heterocycles. The lowest BCUT2D eigenvalue weighted by molar-refractivity contribution is -0.212. The van der Waals surface area contributed by atoms with Gasteiger partial charge in [0.2, 0.25) is 5.91 Å². The third kappa shape index (κ3) is 13.3. The number of carbonyl (C=O) groups is 4. The Morgan fingerprint density at radius 1 is 1.16 bits per heavy atom. The van der Waals surface area contributed by atoms with Crippen LogP contribution in [0.25, 0.3) is 0 Å². The van der Waals surface area contributed by atoms with E-state index in [-0.39, 0.29) is 53.9 Å². The lowest BCUT2D eigenvalue weighted by atomic mass is 9.84. The van der Waals surface area contributed by atoms with Gasteiger partial charge in [0.1, 0.15) is 22.8 Å². The largest absolute Gasteiger partial charge is 0.481 e. The number of likely N-dealkylation sites (N-methyl/N-ethyl adjacent to an activating group) is 1. The summed E-state index contributed by atoms with van der Waals surface area (Å²) in [6, 6.07) is 4.84. The number of nitrogens with zero attached hydrogens (tertiary/aromatic N) is 3. The van der Waals surface area contributed by atoms with Gasteiger partial charge in [0.15, 0.2) is 0 Å². The molecule has 2 heterocycles. The number of hydroxylamine groups is 2. The van der Waals surface area contributed by atoms with E-state index in [1.807, 2.05) is 51.8 Å². The first kappa shape index (κ1) is 45.4. The third-order valence-electron chi connectivity index (χ3n) is 10.5. The zero-order valence-electron chi connectivity index (χ0n) is 33.5. The molecule has 1 aromatic carbocycles. The number of amides is 3. The predicted molar refractivity (Wildman–Crippen MR) is 215 cm³/mol. The number of aliphatic hydroxyl groups is 1. The number of anilines is 1. The van der Waals surface area contributed by atoms with Crippen LogP contribution in [-0.4, -0.2) is 93.2 Å². The second-order valence-corrected chi connectivity index (χ2v) is 16.7. The van der Waals surface area contributed by atoms with Crippen LogP contribution in [0.4, 0.5) is 5.69 Å². The maximum absolute atomic E-state index is 14.5. The van der Waals surface area contributed by atoms with Crippen molar-refractivity contribution in [1.29, 1.82) is 0 Å². The normalized spacial score (nSPS) is 17.7. The van der Waals surface area contributed by atoms with E-state index in [1.54, 1.807) is 31.4 Å². The number of aromatic nitrogens is 1. The van der Waals surface area contributed by atoms with E-state index in [9.17, 15) is 29.4 Å². The molecule has 14 heteroatoms. The monoisotopic (exact) mass is 782 g/mol. The van der Waals surface area contributed by atoms with Crippen molar-refractivity contribution in [2.24, 2.45) is 17.3 Å². The number of carboxylic acids is 1. The summed E-state index contributed by atoms with van der Waals surface area (Å²) in [6.07, 6.45) is 9.18. The smallest absolute Gasteiger partial charge is 0.309 e. The van der Waals surface area contributed by atoms with Crippen LogP contribution in [0.1, 0.15) is 120 Å². The first-order valence-electron chi connectivity index (χ1n) is 19.4. The fourth-order valence-electron chi connectivity index (χ4n) is 6.72. The molecule has 0 saturated carbocycles. The molecule has 6 atom stereocenters. The van der Waals surface area contributed by atoms with Gasteiger partial charge in [-0.1, -0.05) is 52.7 Å². The maximum atomic E-state index is 14.5. The number of unbranched alkanes of at least 4 members (excludes halogenated alkanes) is 1. The number of likely N-dealkylation sites (tertiary alicyclic amines) is 1. The summed E-state index contributed by atoms with van der Waals surface area (Å²) in [5, 5.41) is 30.5. The molecule has 0 spiro atoms. The van der Waals surface area contributed by atoms with Gasteiger partial charge in [0.25, 0.3) is 11.8 Å². The summed E-state index contributed by atoms with van der Waals surface area (Å²) in [5.74, 6) is 0.135. The molecule has 0 bridgehead atoms. The fraction of sp³-hybridized carbons (Fsp3) is 0.634. The number of nitrogen functional groups attached to an aromatic ring is 1. The minimum atomic E-state index is -1.16. The number of piperidine rings is 1. The number of carbonyl (C=O) groups excluding carboxylic acids is 3. The van der Waals surface area contributed by atoms with E-state index >= 15 is 0 Å². The van der Waals surface area contributed by atoms with Crippen LogP contribution in [0, 0.1) is 29.6 Å². The number of thiazole rings is 1. The average Bonchev–Trinajstić information content (AvgIpc) is 3.64. The van der Waals surface area contributed by atoms with Crippen molar-refractivity contribution in [3.8, 4) is 12.3 Å². The Balaban J connectivity index is 1.84. The zero-order valence-corrected chi connectivity index (χ0v) is 34.4. The predicted octanol–water partition coefficient (Wildman–Crippen LogP) is 5.20. The van der Waals surface area contributed by atoms with Crippen molar-refractivity contribution < 1.29 is 34.2 Å². The number of terminal acetylenes is 1. The van der Waals surface area contributed by atoms with Gasteiger partial charge >= 0.3 is 5.97 Å². The number of nitrogens with two attached hydrogens (primary N) is 1. The van der Waals surface area contributed by atoms with Gasteiger partial charge in [-0.25, -0.2) is 10.0 Å². The highest BCUT2D eigenvalue weighted by Crippen LogP contribution is 2.30. The van der Waals surface area contributed by atoms with Crippen molar-refractivity contribution in [3.63, 3.8) is 0 Å². The van der Waals surface area contributed by atoms with Crippen LogP contribution in [0.5, 0.6) is 0 Å². The lowest BCUT2D eigenvalue weighted by Gasteiger charge is -2.38. The van der Waals surface area contributed by atoms with Crippen LogP contribution in [0.3, 0.4) is 0 Å². The minimum absolute atomic E-state index is 0.0478. The summed E-state index contributed by atoms with van der Waals surface area (Å²) in [6.45, 7) is 11.9. The molecule has 1 aromatic heterocycles. The topological polar surface area (TPSA) is 187 Å². The Labute approximate surface area is 330 Å². The quantitative estimate of drug-likeness (QED) is 0.0488. The van der Waals surface area contributed by atoms with Crippen molar-refractivity contribution in [1.82, 2.24) is 25.6 Å². The molecule has 0 radical (unpaired) electrons. The number of aliphatic hydroxyl groups excluding tert-OH is 1. The number of nitrogens with one attached hydrogen (secondary N) is 2. The van der Waals surface area contributed by atoms with Gasteiger partial charge < -0.3 is 26.6 Å². The first-order valence-corrected chi connectivity index (χ1v) is 20.3. The average molecular weight is 783 g/mol. The van der Waals surface area contributed by atoms with Gasteiger partial charge in [0.05, 0.1) is 24.1 Å². The van der Waals surface area contributed by atoms with Gasteiger partial charge in [-0.15, -0.1) is 23.7 Å². The lowest BCUT2D eigenvalue weighted by Crippen LogP contribution is -2.58. The van der Waals surface area contributed by atoms with Gasteiger partial charge in [-0.2, -0.15) is 0 Å². The number of benzene rings is 1. The Morgan fingerprint density at radius 3 is 2.45 bits per heavy atom. The molecule has 1 aliphatic rings. The Kier molecular flexibility index (Phi) is 17.6. The summed E-state index contributed by atoms with van der Waals surface area (Å²) in [7, 11) is 1.92. The Morgan fingerprint density at radius 2 is 1.85 bits per heavy atom. The zero-order chi connectivity index (χ0) is 40.9. The highest BCUT2D eigenvalue weighted by molar-refractivity contribution is 7.09. The molecular formula is C41H62N6O7S. The molecule has 13 nitrogen and oxygen atoms in total. The molecule has 0 aliphatic carbocycles. The van der Waals surface area contributed by atoms with Crippen LogP contribution in [0.2, 0.25) is 0 Å². The van der Waals surface area contributed by atoms with E-state index in [0.717, 1.165) is 36.3 Å². The molecule has 0 unspecified atom stereocenters. The van der Waals surface area contributed by atoms with Gasteiger partial charge in [-0.3, -0.25) is 28.9 Å². The molecule has 6 N–H and O–H groups in total. The molecule has 304 valence electrons. The van der Waals surface area contributed by atoms with Crippen LogP contribution >= 0.6 is 11.3 Å². The third-order valence-corrected chi connectivity index (χ3v) is 11.4. The highest BCUT2D eigenvalue weighted by atomic mass is 32.1. The number of aliphatic carboxylic acids is 1. The molecule has 3 amide bonds. The van der Waals surface area contributed by atoms with E-state index in [4.69, 9.17) is 17.0 Å².